The number of anilines is 1. The van der Waals surface area contributed by atoms with Crippen molar-refractivity contribution >= 4 is 34.9 Å². The maximum atomic E-state index is 14.4. The highest BCUT2D eigenvalue weighted by molar-refractivity contribution is 6.00. The van der Waals surface area contributed by atoms with Gasteiger partial charge in [0.2, 0.25) is 5.91 Å². The summed E-state index contributed by atoms with van der Waals surface area (Å²) in [5, 5.41) is 28.4. The van der Waals surface area contributed by atoms with E-state index in [9.17, 15) is 24.6 Å². The third-order valence-corrected chi connectivity index (χ3v) is 11.4. The van der Waals surface area contributed by atoms with Crippen LogP contribution in [0.4, 0.5) is 5.82 Å². The van der Waals surface area contributed by atoms with Crippen LogP contribution in [0, 0.1) is 23.7 Å². The number of nitrogens with two attached hydrogens (primary N) is 1. The number of nitrogens with zero attached hydrogens (tertiary/aromatic N) is 4. The van der Waals surface area contributed by atoms with Gasteiger partial charge in [-0.1, -0.05) is 38.9 Å². The number of pyridine rings is 1. The summed E-state index contributed by atoms with van der Waals surface area (Å²) >= 11 is 0. The third-order valence-electron chi connectivity index (χ3n) is 11.4. The summed E-state index contributed by atoms with van der Waals surface area (Å²) in [6.45, 7) is 14.6. The Hall–Kier alpha value is -3.38. The normalized spacial score (nSPS) is 39.4. The van der Waals surface area contributed by atoms with Gasteiger partial charge < -0.3 is 49.4 Å². The standard InChI is InChI=1S/C40H63N5O11/c1-12-30-40(9,50)36-23(4)32(42-26(7)46)21(2)17-39(8,52-19-28(18-51-36)44-53-20-27-14-13-15-31(41)43-27)35(24(5)33(47)25(6)37(49)55-30)56-38-34(48)29(45(10)11)16-22(3)54-38/h13-15,21-25,29-30,34-36,38,48,50H,12,16-20H2,1-11H3,(H2,41,43)/b42-32?,44-28+/t21-,22-,23+,24+,25-,29+,30-,34-,35-,36+,38+,39-,40-/m1/s1. The molecular formula is C40H63N5O11. The number of aliphatic imine (C=N–C) groups is 1. The van der Waals surface area contributed by atoms with Crippen LogP contribution in [-0.4, -0.2) is 131 Å². The number of aliphatic hydroxyl groups is 2. The number of oxime groups is 1. The minimum atomic E-state index is -1.85. The first-order valence-corrected chi connectivity index (χ1v) is 19.6. The number of fused-ring (bicyclic) bond motifs is 5. The van der Waals surface area contributed by atoms with Gasteiger partial charge in [-0.2, -0.15) is 0 Å². The Bertz CT molecular complexity index is 1600. The second-order valence-electron chi connectivity index (χ2n) is 16.4. The number of nitrogen functional groups attached to an aromatic ring is 1. The van der Waals surface area contributed by atoms with Crippen molar-refractivity contribution in [3.63, 3.8) is 0 Å². The van der Waals surface area contributed by atoms with Crippen LogP contribution in [0.5, 0.6) is 0 Å². The van der Waals surface area contributed by atoms with Crippen molar-refractivity contribution in [2.75, 3.05) is 33.0 Å². The number of carbonyl (C=O) groups excluding carboxylic acids is 3. The van der Waals surface area contributed by atoms with Crippen LogP contribution in [0.2, 0.25) is 0 Å². The molecule has 0 aromatic carbocycles. The van der Waals surface area contributed by atoms with Crippen LogP contribution in [-0.2, 0) is 49.5 Å². The van der Waals surface area contributed by atoms with Gasteiger partial charge in [0, 0.05) is 30.5 Å². The highest BCUT2D eigenvalue weighted by Crippen LogP contribution is 2.40. The molecule has 3 aliphatic heterocycles. The van der Waals surface area contributed by atoms with Crippen LogP contribution < -0.4 is 5.73 Å². The molecule has 0 spiro atoms. The number of carbonyl (C=O) groups is 3. The number of amides is 1. The quantitative estimate of drug-likeness (QED) is 0.206. The van der Waals surface area contributed by atoms with E-state index in [-0.39, 0.29) is 50.5 Å². The van der Waals surface area contributed by atoms with Crippen molar-refractivity contribution in [1.29, 1.82) is 0 Å². The zero-order valence-corrected chi connectivity index (χ0v) is 34.8. The van der Waals surface area contributed by atoms with Crippen molar-refractivity contribution < 1.29 is 53.1 Å². The third kappa shape index (κ3) is 10.6. The molecule has 0 aliphatic carbocycles. The maximum Gasteiger partial charge on any atom is 0.316 e. The molecule has 56 heavy (non-hydrogen) atoms. The van der Waals surface area contributed by atoms with Crippen molar-refractivity contribution in [3.8, 4) is 0 Å². The number of esters is 1. The largest absolute Gasteiger partial charge is 0.459 e. The number of likely N-dealkylation sites (N-methyl/N-ethyl adjacent to an activating group) is 1. The fourth-order valence-corrected chi connectivity index (χ4v) is 8.37. The number of Topliss-reactive ketones (excluding diaryl/α,β-unsaturated/α-hetero) is 1. The zero-order chi connectivity index (χ0) is 41.7. The Kier molecular flexibility index (Phi) is 15.3. The van der Waals surface area contributed by atoms with Crippen molar-refractivity contribution in [2.45, 2.75) is 142 Å². The fraction of sp³-hybridized carbons (Fsp3) is 0.750. The first kappa shape index (κ1) is 45.3. The summed E-state index contributed by atoms with van der Waals surface area (Å²) in [7, 11) is 3.72. The predicted octanol–water partition coefficient (Wildman–Crippen LogP) is 3.10. The zero-order valence-electron chi connectivity index (χ0n) is 34.8. The smallest absolute Gasteiger partial charge is 0.316 e. The number of rotatable bonds is 7. The molecule has 1 aromatic heterocycles. The molecule has 4 N–H and O–H groups in total. The molecule has 3 aliphatic rings. The van der Waals surface area contributed by atoms with Crippen LogP contribution >= 0.6 is 0 Å². The molecular weight excluding hydrogens is 726 g/mol. The first-order chi connectivity index (χ1) is 26.2. The van der Waals surface area contributed by atoms with E-state index in [0.29, 0.717) is 23.6 Å². The van der Waals surface area contributed by atoms with Gasteiger partial charge in [0.15, 0.2) is 18.7 Å². The Morgan fingerprint density at radius 1 is 1.11 bits per heavy atom. The minimum Gasteiger partial charge on any atom is -0.459 e. The lowest BCUT2D eigenvalue weighted by Crippen LogP contribution is -2.60. The molecule has 1 aromatic rings. The van der Waals surface area contributed by atoms with E-state index in [2.05, 4.69) is 15.1 Å². The summed E-state index contributed by atoms with van der Waals surface area (Å²) in [6.07, 6.45) is -5.13. The molecule has 3 fully saturated rings. The van der Waals surface area contributed by atoms with E-state index >= 15 is 0 Å². The van der Waals surface area contributed by atoms with Crippen LogP contribution in [0.1, 0.15) is 87.3 Å². The minimum absolute atomic E-state index is 0.0268. The molecule has 13 atom stereocenters. The van der Waals surface area contributed by atoms with Crippen LogP contribution in [0.15, 0.2) is 28.3 Å². The van der Waals surface area contributed by atoms with Crippen molar-refractivity contribution in [1.82, 2.24) is 9.88 Å². The molecule has 16 heteroatoms. The summed E-state index contributed by atoms with van der Waals surface area (Å²) in [5.74, 6) is -5.02. The number of hydrogen-bond acceptors (Lipinski definition) is 15. The molecule has 2 bridgehead atoms. The number of ether oxygens (including phenoxy) is 5. The number of aromatic nitrogens is 1. The lowest BCUT2D eigenvalue weighted by Gasteiger charge is -2.47. The Labute approximate surface area is 330 Å². The molecule has 0 saturated carbocycles. The SMILES string of the molecule is CC[C@H]1OC(=O)[C@H](C)C(=O)[C@H](C)[C@@H](O[C@@H]2O[C@H](C)C[C@H](N(C)C)[C@H]2O)[C@@]2(C)C[C@@H](C)C(=NC(C)=O)[C@H](C)[C@H](OC/C(=N\OCc3cccc(N)n3)CO2)[C@]1(C)O. The molecule has 16 nitrogen and oxygen atoms in total. The first-order valence-electron chi connectivity index (χ1n) is 19.6. The number of cyclic esters (lactones) is 1. The van der Waals surface area contributed by atoms with Gasteiger partial charge in [0.25, 0.3) is 0 Å². The Balaban J connectivity index is 1.94. The molecule has 1 amide bonds. The molecule has 0 radical (unpaired) electrons. The highest BCUT2D eigenvalue weighted by Gasteiger charge is 2.53. The predicted molar refractivity (Wildman–Crippen MR) is 207 cm³/mol. The van der Waals surface area contributed by atoms with Gasteiger partial charge in [-0.25, -0.2) is 9.98 Å². The van der Waals surface area contributed by atoms with E-state index in [1.807, 2.05) is 32.8 Å². The summed E-state index contributed by atoms with van der Waals surface area (Å²) < 4.78 is 32.3. The van der Waals surface area contributed by atoms with Crippen LogP contribution in [0.25, 0.3) is 0 Å². The van der Waals surface area contributed by atoms with Gasteiger partial charge in [-0.05, 0) is 79.1 Å². The van der Waals surface area contributed by atoms with E-state index in [1.54, 1.807) is 45.9 Å². The molecule has 4 rings (SSSR count). The van der Waals surface area contributed by atoms with E-state index in [1.165, 1.54) is 20.8 Å². The topological polar surface area (TPSA) is 214 Å². The van der Waals surface area contributed by atoms with Gasteiger partial charge in [-0.15, -0.1) is 0 Å². The average Bonchev–Trinajstić information content (AvgIpc) is 3.14. The second-order valence-corrected chi connectivity index (χ2v) is 16.4. The van der Waals surface area contributed by atoms with E-state index in [0.717, 1.165) is 0 Å². The highest BCUT2D eigenvalue weighted by atomic mass is 16.7. The molecule has 3 saturated heterocycles. The van der Waals surface area contributed by atoms with Gasteiger partial charge in [0.1, 0.15) is 35.3 Å². The number of ketones is 1. The van der Waals surface area contributed by atoms with Gasteiger partial charge >= 0.3 is 5.97 Å². The summed E-state index contributed by atoms with van der Waals surface area (Å²) in [6, 6.07) is 4.82. The Morgan fingerprint density at radius 3 is 2.43 bits per heavy atom. The lowest BCUT2D eigenvalue weighted by atomic mass is 9.73. The Morgan fingerprint density at radius 2 is 1.80 bits per heavy atom. The second kappa shape index (κ2) is 18.9. The molecule has 4 heterocycles. The molecule has 0 unspecified atom stereocenters. The number of aliphatic hydroxyl groups excluding tert-OH is 1. The fourth-order valence-electron chi connectivity index (χ4n) is 8.37. The van der Waals surface area contributed by atoms with E-state index in [4.69, 9.17) is 34.3 Å². The summed E-state index contributed by atoms with van der Waals surface area (Å²) in [4.78, 5) is 57.4. The van der Waals surface area contributed by atoms with Crippen molar-refractivity contribution in [2.24, 2.45) is 33.8 Å². The molecule has 314 valence electrons. The monoisotopic (exact) mass is 789 g/mol. The average molecular weight is 790 g/mol. The van der Waals surface area contributed by atoms with Crippen LogP contribution in [0.3, 0.4) is 0 Å². The van der Waals surface area contributed by atoms with E-state index < -0.39 is 83.2 Å². The van der Waals surface area contributed by atoms with Gasteiger partial charge in [0.05, 0.1) is 42.8 Å². The maximum absolute atomic E-state index is 14.4. The number of hydrogen-bond donors (Lipinski definition) is 3. The summed E-state index contributed by atoms with van der Waals surface area (Å²) in [5.41, 5.74) is 3.82. The van der Waals surface area contributed by atoms with Crippen molar-refractivity contribution in [3.05, 3.63) is 23.9 Å². The van der Waals surface area contributed by atoms with Gasteiger partial charge in [-0.3, -0.25) is 14.4 Å². The lowest BCUT2D eigenvalue weighted by molar-refractivity contribution is -0.296.